The molecule has 0 saturated heterocycles. The molecule has 1 heterocycles. The van der Waals surface area contributed by atoms with Gasteiger partial charge in [-0.1, -0.05) is 11.6 Å². The quantitative estimate of drug-likeness (QED) is 0.447. The second-order valence-corrected chi connectivity index (χ2v) is 7.08. The zero-order chi connectivity index (χ0) is 17.4. The number of nitrogens with zero attached hydrogens (tertiary/aromatic N) is 2. The number of aromatic nitrogens is 1. The number of hydrogen-bond acceptors (Lipinski definition) is 4. The number of benzene rings is 1. The maximum absolute atomic E-state index is 5.94. The van der Waals surface area contributed by atoms with Crippen molar-refractivity contribution in [1.29, 1.82) is 0 Å². The summed E-state index contributed by atoms with van der Waals surface area (Å²) in [6.07, 6.45) is 2.76. The van der Waals surface area contributed by atoms with Crippen molar-refractivity contribution in [3.8, 4) is 5.75 Å². The maximum atomic E-state index is 5.94. The van der Waals surface area contributed by atoms with Crippen LogP contribution < -0.4 is 15.4 Å². The lowest BCUT2D eigenvalue weighted by Crippen LogP contribution is -2.37. The van der Waals surface area contributed by atoms with Gasteiger partial charge in [0.05, 0.1) is 13.2 Å². The summed E-state index contributed by atoms with van der Waals surface area (Å²) >= 11 is 7.62. The smallest absolute Gasteiger partial charge is 0.191 e. The van der Waals surface area contributed by atoms with Gasteiger partial charge in [0.1, 0.15) is 10.8 Å². The number of thiazole rings is 1. The SMILES string of the molecule is CN=C(NCCCOc1ccc(Cl)cc1C)NCc1ncc(C)s1. The molecule has 7 heteroatoms. The van der Waals surface area contributed by atoms with Crippen LogP contribution >= 0.6 is 22.9 Å². The van der Waals surface area contributed by atoms with E-state index < -0.39 is 0 Å². The van der Waals surface area contributed by atoms with E-state index in [1.165, 1.54) is 4.88 Å². The van der Waals surface area contributed by atoms with Gasteiger partial charge in [0.2, 0.25) is 0 Å². The fraction of sp³-hybridized carbons (Fsp3) is 0.412. The largest absolute Gasteiger partial charge is 0.493 e. The first-order valence-corrected chi connectivity index (χ1v) is 9.02. The van der Waals surface area contributed by atoms with Crippen molar-refractivity contribution in [3.05, 3.63) is 44.9 Å². The van der Waals surface area contributed by atoms with Crippen molar-refractivity contribution in [2.24, 2.45) is 4.99 Å². The molecule has 0 unspecified atom stereocenters. The summed E-state index contributed by atoms with van der Waals surface area (Å²) < 4.78 is 5.77. The van der Waals surface area contributed by atoms with Crippen LogP contribution in [0.1, 0.15) is 21.9 Å². The molecular formula is C17H23ClN4OS. The summed E-state index contributed by atoms with van der Waals surface area (Å²) in [6, 6.07) is 5.65. The Morgan fingerprint density at radius 1 is 1.33 bits per heavy atom. The van der Waals surface area contributed by atoms with Crippen molar-refractivity contribution >= 4 is 28.9 Å². The van der Waals surface area contributed by atoms with Gasteiger partial charge in [-0.3, -0.25) is 4.99 Å². The molecule has 0 atom stereocenters. The van der Waals surface area contributed by atoms with E-state index in [1.54, 1.807) is 18.4 Å². The Labute approximate surface area is 152 Å². The zero-order valence-corrected chi connectivity index (χ0v) is 15.8. The van der Waals surface area contributed by atoms with Crippen LogP contribution in [0, 0.1) is 13.8 Å². The predicted octanol–water partition coefficient (Wildman–Crippen LogP) is 3.55. The Morgan fingerprint density at radius 3 is 2.83 bits per heavy atom. The summed E-state index contributed by atoms with van der Waals surface area (Å²) in [5.41, 5.74) is 1.05. The third-order valence-electron chi connectivity index (χ3n) is 3.31. The minimum absolute atomic E-state index is 0.637. The Hall–Kier alpha value is -1.79. The van der Waals surface area contributed by atoms with E-state index in [-0.39, 0.29) is 0 Å². The topological polar surface area (TPSA) is 58.5 Å². The van der Waals surface area contributed by atoms with Crippen LogP contribution in [0.15, 0.2) is 29.4 Å². The fourth-order valence-corrected chi connectivity index (χ4v) is 3.05. The predicted molar refractivity (Wildman–Crippen MR) is 101 cm³/mol. The van der Waals surface area contributed by atoms with Gasteiger partial charge in [0.25, 0.3) is 0 Å². The Morgan fingerprint density at radius 2 is 2.17 bits per heavy atom. The molecule has 0 spiro atoms. The molecule has 0 fully saturated rings. The van der Waals surface area contributed by atoms with Gasteiger partial charge in [-0.2, -0.15) is 0 Å². The number of halogens is 1. The molecule has 2 N–H and O–H groups in total. The van der Waals surface area contributed by atoms with Gasteiger partial charge in [-0.25, -0.2) is 4.98 Å². The lowest BCUT2D eigenvalue weighted by atomic mass is 10.2. The highest BCUT2D eigenvalue weighted by atomic mass is 35.5. The van der Waals surface area contributed by atoms with E-state index in [4.69, 9.17) is 16.3 Å². The number of aliphatic imine (C=N–C) groups is 1. The van der Waals surface area contributed by atoms with Gasteiger partial charge in [0, 0.05) is 29.7 Å². The lowest BCUT2D eigenvalue weighted by Gasteiger charge is -2.12. The standard InChI is InChI=1S/C17H23ClN4OS/c1-12-9-14(18)5-6-15(12)23-8-4-7-20-17(19-3)22-11-16-21-10-13(2)24-16/h5-6,9-10H,4,7-8,11H2,1-3H3,(H2,19,20,22). The molecule has 5 nitrogen and oxygen atoms in total. The van der Waals surface area contributed by atoms with E-state index in [1.807, 2.05) is 31.3 Å². The van der Waals surface area contributed by atoms with Crippen molar-refractivity contribution in [1.82, 2.24) is 15.6 Å². The van der Waals surface area contributed by atoms with Gasteiger partial charge >= 0.3 is 0 Å². The maximum Gasteiger partial charge on any atom is 0.191 e. The minimum atomic E-state index is 0.637. The third kappa shape index (κ3) is 6.02. The number of hydrogen-bond donors (Lipinski definition) is 2. The van der Waals surface area contributed by atoms with Gasteiger partial charge in [-0.15, -0.1) is 11.3 Å². The van der Waals surface area contributed by atoms with Crippen LogP contribution in [-0.4, -0.2) is 31.1 Å². The van der Waals surface area contributed by atoms with Crippen molar-refractivity contribution in [2.45, 2.75) is 26.8 Å². The first-order valence-electron chi connectivity index (χ1n) is 7.83. The van der Waals surface area contributed by atoms with Crippen molar-refractivity contribution < 1.29 is 4.74 Å². The summed E-state index contributed by atoms with van der Waals surface area (Å²) in [5.74, 6) is 1.64. The molecule has 2 aromatic rings. The van der Waals surface area contributed by atoms with Crippen LogP contribution in [0.2, 0.25) is 5.02 Å². The summed E-state index contributed by atoms with van der Waals surface area (Å²) in [4.78, 5) is 9.74. The Bertz CT molecular complexity index is 687. The molecule has 0 saturated carbocycles. The number of ether oxygens (including phenoxy) is 1. The minimum Gasteiger partial charge on any atom is -0.493 e. The van der Waals surface area contributed by atoms with Gasteiger partial charge < -0.3 is 15.4 Å². The summed E-state index contributed by atoms with van der Waals surface area (Å²) in [6.45, 7) is 6.14. The van der Waals surface area contributed by atoms with E-state index in [2.05, 4.69) is 27.5 Å². The molecule has 0 aliphatic carbocycles. The highest BCUT2D eigenvalue weighted by Gasteiger charge is 2.02. The van der Waals surface area contributed by atoms with E-state index in [0.717, 1.165) is 40.3 Å². The average molecular weight is 367 g/mol. The third-order valence-corrected chi connectivity index (χ3v) is 4.46. The molecule has 130 valence electrons. The van der Waals surface area contributed by atoms with Crippen LogP contribution in [-0.2, 0) is 6.54 Å². The Kier molecular flexibility index (Phi) is 7.34. The van der Waals surface area contributed by atoms with Gasteiger partial charge in [0.15, 0.2) is 5.96 Å². The highest BCUT2D eigenvalue weighted by molar-refractivity contribution is 7.11. The van der Waals surface area contributed by atoms with E-state index >= 15 is 0 Å². The lowest BCUT2D eigenvalue weighted by molar-refractivity contribution is 0.309. The Balaban J connectivity index is 1.65. The van der Waals surface area contributed by atoms with Crippen LogP contribution in [0.3, 0.4) is 0 Å². The second kappa shape index (κ2) is 9.49. The second-order valence-electron chi connectivity index (χ2n) is 5.33. The molecular weight excluding hydrogens is 344 g/mol. The van der Waals surface area contributed by atoms with Crippen molar-refractivity contribution in [3.63, 3.8) is 0 Å². The van der Waals surface area contributed by atoms with Crippen molar-refractivity contribution in [2.75, 3.05) is 20.2 Å². The normalized spacial score (nSPS) is 11.4. The number of aryl methyl sites for hydroxylation is 2. The molecule has 1 aromatic carbocycles. The summed E-state index contributed by atoms with van der Waals surface area (Å²) in [7, 11) is 1.76. The molecule has 0 radical (unpaired) electrons. The summed E-state index contributed by atoms with van der Waals surface area (Å²) in [5, 5.41) is 8.31. The van der Waals surface area contributed by atoms with Crippen LogP contribution in [0.5, 0.6) is 5.75 Å². The monoisotopic (exact) mass is 366 g/mol. The molecule has 0 bridgehead atoms. The zero-order valence-electron chi connectivity index (χ0n) is 14.2. The molecule has 0 aliphatic rings. The molecule has 0 amide bonds. The fourth-order valence-electron chi connectivity index (χ4n) is 2.10. The van der Waals surface area contributed by atoms with E-state index in [0.29, 0.717) is 13.2 Å². The number of guanidine groups is 1. The van der Waals surface area contributed by atoms with E-state index in [9.17, 15) is 0 Å². The highest BCUT2D eigenvalue weighted by Crippen LogP contribution is 2.21. The molecule has 2 rings (SSSR count). The molecule has 0 aliphatic heterocycles. The first-order chi connectivity index (χ1) is 11.6. The van der Waals surface area contributed by atoms with Crippen LogP contribution in [0.4, 0.5) is 0 Å². The first kappa shape index (κ1) is 18.5. The number of rotatable bonds is 7. The molecule has 1 aromatic heterocycles. The van der Waals surface area contributed by atoms with Crippen LogP contribution in [0.25, 0.3) is 0 Å². The molecule has 24 heavy (non-hydrogen) atoms. The average Bonchev–Trinajstić information content (AvgIpc) is 2.97. The van der Waals surface area contributed by atoms with Gasteiger partial charge in [-0.05, 0) is 44.0 Å². The number of nitrogens with one attached hydrogen (secondary N) is 2.